The minimum Gasteiger partial charge on any atom is -0.460 e. The lowest BCUT2D eigenvalue weighted by Gasteiger charge is -2.42. The highest BCUT2D eigenvalue weighted by Crippen LogP contribution is 2.38. The van der Waals surface area contributed by atoms with Gasteiger partial charge < -0.3 is 48.6 Å². The van der Waals surface area contributed by atoms with Crippen LogP contribution in [0.4, 0.5) is 0 Å². The van der Waals surface area contributed by atoms with E-state index in [1.54, 1.807) is 41.1 Å². The van der Waals surface area contributed by atoms with E-state index in [2.05, 4.69) is 0 Å². The van der Waals surface area contributed by atoms with Crippen LogP contribution < -0.4 is 0 Å². The lowest BCUT2D eigenvalue weighted by atomic mass is 9.78. The number of carbonyl (C=O) groups excluding carboxylic acids is 5. The average molecular weight is 972 g/mol. The summed E-state index contributed by atoms with van der Waals surface area (Å²) in [6, 6.07) is -1.14. The molecule has 15 heteroatoms. The second kappa shape index (κ2) is 28.0. The Balaban J connectivity index is 1.69. The molecule has 390 valence electrons. The summed E-state index contributed by atoms with van der Waals surface area (Å²) in [5, 5.41) is 32.7. The van der Waals surface area contributed by atoms with Gasteiger partial charge in [0.05, 0.1) is 24.4 Å². The van der Waals surface area contributed by atoms with Gasteiger partial charge in [0.25, 0.3) is 11.7 Å². The molecule has 15 atom stereocenters. The van der Waals surface area contributed by atoms with Crippen molar-refractivity contribution >= 4 is 29.2 Å². The molecule has 3 fully saturated rings. The van der Waals surface area contributed by atoms with Gasteiger partial charge in [0, 0.05) is 71.7 Å². The second-order valence-electron chi connectivity index (χ2n) is 20.5. The number of hydrogen-bond acceptors (Lipinski definition) is 14. The van der Waals surface area contributed by atoms with E-state index in [0.717, 1.165) is 18.4 Å². The molecule has 4 aliphatic rings. The van der Waals surface area contributed by atoms with E-state index < -0.39 is 77.8 Å². The predicted molar refractivity (Wildman–Crippen MR) is 261 cm³/mol. The van der Waals surface area contributed by atoms with Crippen LogP contribution >= 0.6 is 0 Å². The smallest absolute Gasteiger partial charge is 0.329 e. The first-order valence-electron chi connectivity index (χ1n) is 25.5. The van der Waals surface area contributed by atoms with Crippen molar-refractivity contribution in [1.29, 1.82) is 0 Å². The maximum Gasteiger partial charge on any atom is 0.329 e. The van der Waals surface area contributed by atoms with Crippen molar-refractivity contribution in [3.63, 3.8) is 0 Å². The van der Waals surface area contributed by atoms with Crippen LogP contribution in [0, 0.1) is 35.5 Å². The SMILES string of the molecule is CO[C@H]1CC2CC[C@@H](C)[C@@](O)(O2)C(=O)C(=O)N2CCCC[C@H]2C(=O)O[C@H]([C@H](C)C[C@@H]2CC[C@@H](OCCCO)[C@H](OC)C2)CC(=O)[C@H](C)/C=C(\C)[C@@H](O)[C@@H](OC)C(=O)[C@H](C)C[C@H](C)/C=C/C=CC=C1C. The van der Waals surface area contributed by atoms with Crippen molar-refractivity contribution in [2.45, 2.75) is 186 Å². The molecule has 4 rings (SSSR count). The fourth-order valence-electron chi connectivity index (χ4n) is 10.6. The first-order chi connectivity index (χ1) is 32.8. The number of methoxy groups -OCH3 is 3. The van der Waals surface area contributed by atoms with Gasteiger partial charge in [-0.05, 0) is 113 Å². The average Bonchev–Trinajstić information content (AvgIpc) is 3.33. The molecule has 0 aromatic carbocycles. The van der Waals surface area contributed by atoms with Crippen LogP contribution in [0.15, 0.2) is 47.6 Å². The van der Waals surface area contributed by atoms with Crippen molar-refractivity contribution in [1.82, 2.24) is 4.90 Å². The van der Waals surface area contributed by atoms with Crippen LogP contribution in [0.1, 0.15) is 132 Å². The van der Waals surface area contributed by atoms with Gasteiger partial charge in [-0.2, -0.15) is 0 Å². The van der Waals surface area contributed by atoms with Gasteiger partial charge in [-0.25, -0.2) is 4.79 Å². The van der Waals surface area contributed by atoms with E-state index in [4.69, 9.17) is 28.4 Å². The Labute approximate surface area is 411 Å². The van der Waals surface area contributed by atoms with Gasteiger partial charge in [0.2, 0.25) is 5.79 Å². The highest BCUT2D eigenvalue weighted by Gasteiger charge is 2.53. The van der Waals surface area contributed by atoms with E-state index in [-0.39, 0.29) is 67.5 Å². The van der Waals surface area contributed by atoms with Gasteiger partial charge in [-0.1, -0.05) is 71.1 Å². The largest absolute Gasteiger partial charge is 0.460 e. The number of cyclic esters (lactones) is 1. The van der Waals surface area contributed by atoms with Crippen molar-refractivity contribution in [2.75, 3.05) is 41.1 Å². The molecule has 1 saturated carbocycles. The van der Waals surface area contributed by atoms with E-state index >= 15 is 0 Å². The number of esters is 1. The number of hydrogen-bond donors (Lipinski definition) is 3. The fourth-order valence-corrected chi connectivity index (χ4v) is 10.6. The number of allylic oxidation sites excluding steroid dienone is 6. The number of carbonyl (C=O) groups is 5. The summed E-state index contributed by atoms with van der Waals surface area (Å²) in [6.07, 6.45) is 12.7. The topological polar surface area (TPSA) is 205 Å². The standard InChI is InChI=1S/C54H85NO14/c1-33-17-12-11-13-18-34(2)45(64-8)31-41-22-20-39(7)54(63,69-41)51(60)52(61)55-24-15-14-19-42(55)53(62)68-46(36(4)29-40-21-23-44(47(30-40)65-9)67-26-16-25-56)32-43(57)35(3)28-38(6)49(59)50(66-10)48(58)37(5)27-33/h11-13,17-18,28,33,35-37,39-42,44-47,49-50,56,59,63H,14-16,19-27,29-32H2,1-10H3/b13-11?,17-12+,34-18?,38-28+/t33-,35-,36-,37-,39-,40+,41?,42+,44-,45+,46+,47-,49-,50+,54-/m1/s1. The summed E-state index contributed by atoms with van der Waals surface area (Å²) in [5.74, 6) is -7.92. The quantitative estimate of drug-likeness (QED) is 0.0916. The fraction of sp³-hybridized carbons (Fsp3) is 0.759. The number of fused-ring (bicyclic) bond motifs is 3. The third-order valence-electron chi connectivity index (χ3n) is 15.1. The molecule has 2 bridgehead atoms. The van der Waals surface area contributed by atoms with Gasteiger partial charge in [0.15, 0.2) is 5.78 Å². The Morgan fingerprint density at radius 3 is 2.28 bits per heavy atom. The maximum atomic E-state index is 14.5. The van der Waals surface area contributed by atoms with Crippen molar-refractivity contribution in [2.24, 2.45) is 35.5 Å². The summed E-state index contributed by atoms with van der Waals surface area (Å²) in [6.45, 7) is 13.3. The molecular weight excluding hydrogens is 887 g/mol. The molecule has 0 aromatic heterocycles. The Morgan fingerprint density at radius 2 is 1.59 bits per heavy atom. The zero-order valence-electron chi connectivity index (χ0n) is 43.1. The Hall–Kier alpha value is -3.41. The van der Waals surface area contributed by atoms with Crippen LogP contribution in [0.2, 0.25) is 0 Å². The van der Waals surface area contributed by atoms with Crippen LogP contribution in [0.25, 0.3) is 0 Å². The second-order valence-corrected chi connectivity index (χ2v) is 20.5. The van der Waals surface area contributed by atoms with Gasteiger partial charge in [-0.3, -0.25) is 19.2 Å². The third-order valence-corrected chi connectivity index (χ3v) is 15.1. The number of ether oxygens (including phenoxy) is 6. The van der Waals surface area contributed by atoms with E-state index in [0.29, 0.717) is 70.0 Å². The molecule has 3 N–H and O–H groups in total. The molecule has 3 heterocycles. The summed E-state index contributed by atoms with van der Waals surface area (Å²) in [7, 11) is 4.61. The third kappa shape index (κ3) is 16.0. The zero-order valence-corrected chi connectivity index (χ0v) is 43.1. The van der Waals surface area contributed by atoms with E-state index in [1.165, 1.54) is 12.0 Å². The first-order valence-corrected chi connectivity index (χ1v) is 25.5. The van der Waals surface area contributed by atoms with Crippen molar-refractivity contribution < 1.29 is 67.7 Å². The number of Topliss-reactive ketones (excluding diaryl/α,β-unsaturated/α-hetero) is 3. The minimum absolute atomic E-state index is 0.0163. The van der Waals surface area contributed by atoms with E-state index in [9.17, 15) is 39.3 Å². The molecular formula is C54H85NO14. The number of ketones is 3. The Morgan fingerprint density at radius 1 is 0.855 bits per heavy atom. The molecule has 15 nitrogen and oxygen atoms in total. The molecule has 2 saturated heterocycles. The maximum absolute atomic E-state index is 14.5. The molecule has 1 unspecified atom stereocenters. The predicted octanol–water partition coefficient (Wildman–Crippen LogP) is 6.59. The van der Waals surface area contributed by atoms with E-state index in [1.807, 2.05) is 58.1 Å². The van der Waals surface area contributed by atoms with Crippen LogP contribution in [0.3, 0.4) is 0 Å². The van der Waals surface area contributed by atoms with Crippen LogP contribution in [-0.4, -0.2) is 145 Å². The van der Waals surface area contributed by atoms with Crippen molar-refractivity contribution in [3.05, 3.63) is 47.6 Å². The van der Waals surface area contributed by atoms with Gasteiger partial charge >= 0.3 is 5.97 Å². The van der Waals surface area contributed by atoms with Crippen LogP contribution in [-0.2, 0) is 52.4 Å². The number of aliphatic hydroxyl groups excluding tert-OH is 2. The molecule has 0 aromatic rings. The molecule has 3 aliphatic heterocycles. The summed E-state index contributed by atoms with van der Waals surface area (Å²) >= 11 is 0. The highest BCUT2D eigenvalue weighted by molar-refractivity contribution is 6.39. The number of rotatable bonds is 10. The molecule has 0 radical (unpaired) electrons. The molecule has 1 amide bonds. The van der Waals surface area contributed by atoms with Crippen molar-refractivity contribution in [3.8, 4) is 0 Å². The number of amides is 1. The lowest BCUT2D eigenvalue weighted by Crippen LogP contribution is -2.61. The first kappa shape index (κ1) is 58.2. The lowest BCUT2D eigenvalue weighted by molar-refractivity contribution is -0.265. The molecule has 69 heavy (non-hydrogen) atoms. The zero-order chi connectivity index (χ0) is 51.0. The monoisotopic (exact) mass is 972 g/mol. The highest BCUT2D eigenvalue weighted by atomic mass is 16.6. The number of nitrogens with zero attached hydrogens (tertiary/aromatic N) is 1. The number of aliphatic hydroxyl groups is 3. The summed E-state index contributed by atoms with van der Waals surface area (Å²) < 4.78 is 35.8. The molecule has 1 aliphatic carbocycles. The Kier molecular flexibility index (Phi) is 23.6. The molecule has 0 spiro atoms. The van der Waals surface area contributed by atoms with Gasteiger partial charge in [0.1, 0.15) is 30.1 Å². The van der Waals surface area contributed by atoms with Gasteiger partial charge in [-0.15, -0.1) is 0 Å². The number of piperidine rings is 1. The summed E-state index contributed by atoms with van der Waals surface area (Å²) in [5.41, 5.74) is 1.27. The van der Waals surface area contributed by atoms with Crippen LogP contribution in [0.5, 0.6) is 0 Å². The Bertz CT molecular complexity index is 1830. The minimum atomic E-state index is -2.43. The summed E-state index contributed by atoms with van der Waals surface area (Å²) in [4.78, 5) is 72.2. The normalized spacial score (nSPS) is 37.6.